The van der Waals surface area contributed by atoms with Crippen molar-refractivity contribution in [3.63, 3.8) is 0 Å². The van der Waals surface area contributed by atoms with Gasteiger partial charge in [-0.05, 0) is 30.7 Å². The van der Waals surface area contributed by atoms with Gasteiger partial charge in [-0.1, -0.05) is 30.3 Å². The molecule has 0 aliphatic carbocycles. The SMILES string of the molecule is COc1ccc(C(C)Oc2ccccc2CN)cc1. The highest BCUT2D eigenvalue weighted by Gasteiger charge is 2.09. The first-order valence-corrected chi connectivity index (χ1v) is 6.33. The van der Waals surface area contributed by atoms with Crippen molar-refractivity contribution in [1.82, 2.24) is 0 Å². The van der Waals surface area contributed by atoms with Crippen molar-refractivity contribution in [2.24, 2.45) is 5.73 Å². The van der Waals surface area contributed by atoms with Crippen LogP contribution in [-0.2, 0) is 6.54 Å². The van der Waals surface area contributed by atoms with Crippen LogP contribution in [0.3, 0.4) is 0 Å². The first kappa shape index (κ1) is 13.4. The zero-order chi connectivity index (χ0) is 13.7. The molecule has 0 aromatic heterocycles. The van der Waals surface area contributed by atoms with Crippen molar-refractivity contribution in [1.29, 1.82) is 0 Å². The van der Waals surface area contributed by atoms with Crippen LogP contribution in [-0.4, -0.2) is 7.11 Å². The van der Waals surface area contributed by atoms with E-state index in [-0.39, 0.29) is 6.10 Å². The van der Waals surface area contributed by atoms with Crippen LogP contribution < -0.4 is 15.2 Å². The van der Waals surface area contributed by atoms with Gasteiger partial charge >= 0.3 is 0 Å². The third-order valence-electron chi connectivity index (χ3n) is 3.08. The molecule has 2 aromatic carbocycles. The summed E-state index contributed by atoms with van der Waals surface area (Å²) in [4.78, 5) is 0. The van der Waals surface area contributed by atoms with E-state index in [4.69, 9.17) is 15.2 Å². The Bertz CT molecular complexity index is 523. The summed E-state index contributed by atoms with van der Waals surface area (Å²) in [7, 11) is 1.66. The quantitative estimate of drug-likeness (QED) is 0.893. The maximum absolute atomic E-state index is 5.98. The van der Waals surface area contributed by atoms with Gasteiger partial charge in [0.05, 0.1) is 7.11 Å². The van der Waals surface area contributed by atoms with E-state index in [1.165, 1.54) is 0 Å². The summed E-state index contributed by atoms with van der Waals surface area (Å²) in [6.07, 6.45) is -0.0291. The predicted molar refractivity (Wildman–Crippen MR) is 76.4 cm³/mol. The topological polar surface area (TPSA) is 44.5 Å². The molecular formula is C16H19NO2. The molecule has 19 heavy (non-hydrogen) atoms. The minimum absolute atomic E-state index is 0.0291. The maximum atomic E-state index is 5.98. The van der Waals surface area contributed by atoms with E-state index in [0.717, 1.165) is 22.6 Å². The second-order valence-corrected chi connectivity index (χ2v) is 4.35. The third kappa shape index (κ3) is 3.26. The van der Waals surface area contributed by atoms with Crippen molar-refractivity contribution in [3.8, 4) is 11.5 Å². The standard InChI is InChI=1S/C16H19NO2/c1-12(13-7-9-15(18-2)10-8-13)19-16-6-4-3-5-14(16)11-17/h3-10,12H,11,17H2,1-2H3. The molecule has 2 aromatic rings. The highest BCUT2D eigenvalue weighted by Crippen LogP contribution is 2.25. The number of ether oxygens (including phenoxy) is 2. The first-order chi connectivity index (χ1) is 9.24. The number of hydrogen-bond donors (Lipinski definition) is 1. The molecule has 0 heterocycles. The van der Waals surface area contributed by atoms with Crippen LogP contribution in [0.2, 0.25) is 0 Å². The minimum Gasteiger partial charge on any atom is -0.497 e. The van der Waals surface area contributed by atoms with Crippen LogP contribution in [0.5, 0.6) is 11.5 Å². The Balaban J connectivity index is 2.13. The molecule has 3 heteroatoms. The minimum atomic E-state index is -0.0291. The average Bonchev–Trinajstić information content (AvgIpc) is 2.48. The number of methoxy groups -OCH3 is 1. The zero-order valence-corrected chi connectivity index (χ0v) is 11.3. The Morgan fingerprint density at radius 3 is 2.37 bits per heavy atom. The molecule has 0 fully saturated rings. The molecule has 2 N–H and O–H groups in total. The van der Waals surface area contributed by atoms with Crippen LogP contribution in [0.1, 0.15) is 24.2 Å². The van der Waals surface area contributed by atoms with E-state index in [0.29, 0.717) is 6.54 Å². The van der Waals surface area contributed by atoms with Gasteiger partial charge in [-0.2, -0.15) is 0 Å². The zero-order valence-electron chi connectivity index (χ0n) is 11.3. The summed E-state index contributed by atoms with van der Waals surface area (Å²) in [5.74, 6) is 1.69. The number of benzene rings is 2. The van der Waals surface area contributed by atoms with Gasteiger partial charge in [0.25, 0.3) is 0 Å². The third-order valence-corrected chi connectivity index (χ3v) is 3.08. The molecule has 100 valence electrons. The Labute approximate surface area is 114 Å². The van der Waals surface area contributed by atoms with Gasteiger partial charge in [0.15, 0.2) is 0 Å². The van der Waals surface area contributed by atoms with Crippen LogP contribution in [0, 0.1) is 0 Å². The van der Waals surface area contributed by atoms with Crippen molar-refractivity contribution in [2.45, 2.75) is 19.6 Å². The summed E-state index contributed by atoms with van der Waals surface area (Å²) < 4.78 is 11.1. The smallest absolute Gasteiger partial charge is 0.124 e. The van der Waals surface area contributed by atoms with Crippen molar-refractivity contribution in [2.75, 3.05) is 7.11 Å². The summed E-state index contributed by atoms with van der Waals surface area (Å²) in [5, 5.41) is 0. The fourth-order valence-corrected chi connectivity index (χ4v) is 1.92. The molecule has 0 aliphatic rings. The summed E-state index contributed by atoms with van der Waals surface area (Å²) in [5.41, 5.74) is 7.83. The lowest BCUT2D eigenvalue weighted by Gasteiger charge is -2.17. The molecule has 0 bridgehead atoms. The largest absolute Gasteiger partial charge is 0.497 e. The fourth-order valence-electron chi connectivity index (χ4n) is 1.92. The van der Waals surface area contributed by atoms with E-state index in [1.54, 1.807) is 7.11 Å². The van der Waals surface area contributed by atoms with Gasteiger partial charge in [0.1, 0.15) is 17.6 Å². The molecule has 0 saturated carbocycles. The summed E-state index contributed by atoms with van der Waals surface area (Å²) in [6.45, 7) is 2.50. The van der Waals surface area contributed by atoms with E-state index in [1.807, 2.05) is 55.5 Å². The van der Waals surface area contributed by atoms with E-state index < -0.39 is 0 Å². The fraction of sp³-hybridized carbons (Fsp3) is 0.250. The van der Waals surface area contributed by atoms with Gasteiger partial charge in [-0.15, -0.1) is 0 Å². The Hall–Kier alpha value is -2.00. The molecule has 0 aliphatic heterocycles. The Morgan fingerprint density at radius 2 is 1.74 bits per heavy atom. The molecule has 0 amide bonds. The van der Waals surface area contributed by atoms with Crippen LogP contribution >= 0.6 is 0 Å². The molecule has 1 unspecified atom stereocenters. The lowest BCUT2D eigenvalue weighted by molar-refractivity contribution is 0.224. The van der Waals surface area contributed by atoms with E-state index >= 15 is 0 Å². The van der Waals surface area contributed by atoms with Gasteiger partial charge in [0, 0.05) is 12.1 Å². The Morgan fingerprint density at radius 1 is 1.05 bits per heavy atom. The second kappa shape index (κ2) is 6.25. The highest BCUT2D eigenvalue weighted by molar-refractivity contribution is 5.34. The normalized spacial score (nSPS) is 11.9. The summed E-state index contributed by atoms with van der Waals surface area (Å²) in [6, 6.07) is 15.7. The summed E-state index contributed by atoms with van der Waals surface area (Å²) >= 11 is 0. The molecule has 0 radical (unpaired) electrons. The van der Waals surface area contributed by atoms with Gasteiger partial charge in [-0.3, -0.25) is 0 Å². The van der Waals surface area contributed by atoms with Crippen molar-refractivity contribution >= 4 is 0 Å². The number of hydrogen-bond acceptors (Lipinski definition) is 3. The predicted octanol–water partition coefficient (Wildman–Crippen LogP) is 3.29. The van der Waals surface area contributed by atoms with E-state index in [2.05, 4.69) is 0 Å². The van der Waals surface area contributed by atoms with Gasteiger partial charge in [-0.25, -0.2) is 0 Å². The number of nitrogens with two attached hydrogens (primary N) is 1. The molecule has 0 saturated heterocycles. The van der Waals surface area contributed by atoms with Crippen LogP contribution in [0.25, 0.3) is 0 Å². The average molecular weight is 257 g/mol. The highest BCUT2D eigenvalue weighted by atomic mass is 16.5. The second-order valence-electron chi connectivity index (χ2n) is 4.35. The molecular weight excluding hydrogens is 238 g/mol. The van der Waals surface area contributed by atoms with Crippen molar-refractivity contribution in [3.05, 3.63) is 59.7 Å². The Kier molecular flexibility index (Phi) is 4.42. The number of para-hydroxylation sites is 1. The van der Waals surface area contributed by atoms with Gasteiger partial charge in [0.2, 0.25) is 0 Å². The number of rotatable bonds is 5. The van der Waals surface area contributed by atoms with Crippen molar-refractivity contribution < 1.29 is 9.47 Å². The van der Waals surface area contributed by atoms with Gasteiger partial charge < -0.3 is 15.2 Å². The van der Waals surface area contributed by atoms with Crippen LogP contribution in [0.4, 0.5) is 0 Å². The van der Waals surface area contributed by atoms with Crippen LogP contribution in [0.15, 0.2) is 48.5 Å². The monoisotopic (exact) mass is 257 g/mol. The lowest BCUT2D eigenvalue weighted by Crippen LogP contribution is -2.06. The van der Waals surface area contributed by atoms with E-state index in [9.17, 15) is 0 Å². The first-order valence-electron chi connectivity index (χ1n) is 6.33. The molecule has 0 spiro atoms. The molecule has 3 nitrogen and oxygen atoms in total. The molecule has 1 atom stereocenters. The molecule has 2 rings (SSSR count). The lowest BCUT2D eigenvalue weighted by atomic mass is 10.1. The maximum Gasteiger partial charge on any atom is 0.124 e.